The predicted molar refractivity (Wildman–Crippen MR) is 43.3 cm³/mol. The molecule has 4 aliphatic rings. The molecule has 4 saturated heterocycles. The fraction of sp³-hybridized carbons (Fsp3) is 1.00. The third-order valence-corrected chi connectivity index (χ3v) is 0.816. The second-order valence-corrected chi connectivity index (χ2v) is 2.45. The summed E-state index contributed by atoms with van der Waals surface area (Å²) >= 11 is 0. The lowest BCUT2D eigenvalue weighted by Crippen LogP contribution is -1.20. The van der Waals surface area contributed by atoms with Gasteiger partial charge in [-0.2, -0.15) is 0 Å². The van der Waals surface area contributed by atoms with Crippen molar-refractivity contribution >= 4 is 0 Å². The lowest BCUT2D eigenvalue weighted by atomic mass is 11.0. The molecule has 0 aliphatic carbocycles. The van der Waals surface area contributed by atoms with Crippen molar-refractivity contribution < 1.29 is 18.9 Å². The van der Waals surface area contributed by atoms with Crippen LogP contribution in [0.5, 0.6) is 0 Å². The molecular weight excluding hydrogens is 160 g/mol. The van der Waals surface area contributed by atoms with Crippen LogP contribution in [0.15, 0.2) is 0 Å². The third-order valence-electron chi connectivity index (χ3n) is 0.816. The Balaban J connectivity index is 0.0000000800. The maximum absolute atomic E-state index is 4.50. The molecule has 0 N–H and O–H groups in total. The van der Waals surface area contributed by atoms with Crippen LogP contribution in [-0.4, -0.2) is 52.9 Å². The van der Waals surface area contributed by atoms with E-state index in [2.05, 4.69) is 18.9 Å². The van der Waals surface area contributed by atoms with Crippen LogP contribution in [0.1, 0.15) is 0 Å². The summed E-state index contributed by atoms with van der Waals surface area (Å²) in [7, 11) is 0. The van der Waals surface area contributed by atoms with Crippen molar-refractivity contribution in [2.24, 2.45) is 0 Å². The van der Waals surface area contributed by atoms with Crippen LogP contribution >= 0.6 is 0 Å². The summed E-state index contributed by atoms with van der Waals surface area (Å²) in [5, 5.41) is 0. The maximum atomic E-state index is 4.50. The van der Waals surface area contributed by atoms with Crippen LogP contribution in [0.4, 0.5) is 0 Å². The van der Waals surface area contributed by atoms with Crippen LogP contribution in [0, 0.1) is 0 Å². The summed E-state index contributed by atoms with van der Waals surface area (Å²) in [6, 6.07) is 0. The standard InChI is InChI=1S/4C2H4O/c4*1-2-3-1/h4*1-2H2. The van der Waals surface area contributed by atoms with Crippen molar-refractivity contribution in [3.8, 4) is 0 Å². The second-order valence-electron chi connectivity index (χ2n) is 2.45. The highest BCUT2D eigenvalue weighted by Crippen LogP contribution is 1.85. The minimum absolute atomic E-state index is 1.00. The van der Waals surface area contributed by atoms with Gasteiger partial charge >= 0.3 is 0 Å². The Kier molecular flexibility index (Phi) is 6.19. The van der Waals surface area contributed by atoms with Gasteiger partial charge in [-0.1, -0.05) is 0 Å². The Hall–Kier alpha value is -0.160. The van der Waals surface area contributed by atoms with Gasteiger partial charge in [-0.15, -0.1) is 0 Å². The quantitative estimate of drug-likeness (QED) is 0.490. The first-order chi connectivity index (χ1) is 6.00. The fourth-order valence-corrected chi connectivity index (χ4v) is 0. The van der Waals surface area contributed by atoms with Crippen molar-refractivity contribution in [3.63, 3.8) is 0 Å². The molecule has 4 heteroatoms. The molecule has 4 heterocycles. The summed E-state index contributed by atoms with van der Waals surface area (Å²) in [5.41, 5.74) is 0. The van der Waals surface area contributed by atoms with Gasteiger partial charge in [-0.05, 0) is 0 Å². The van der Waals surface area contributed by atoms with Gasteiger partial charge in [0, 0.05) is 0 Å². The first-order valence-corrected chi connectivity index (χ1v) is 4.31. The lowest BCUT2D eigenvalue weighted by Gasteiger charge is -1.24. The molecule has 0 aromatic heterocycles. The van der Waals surface area contributed by atoms with Crippen LogP contribution in [0.25, 0.3) is 0 Å². The van der Waals surface area contributed by atoms with Crippen LogP contribution in [0.3, 0.4) is 0 Å². The van der Waals surface area contributed by atoms with Crippen LogP contribution < -0.4 is 0 Å². The average molecular weight is 176 g/mol. The largest absolute Gasteiger partial charge is 0.377 e. The van der Waals surface area contributed by atoms with E-state index in [1.165, 1.54) is 0 Å². The van der Waals surface area contributed by atoms with E-state index in [0.29, 0.717) is 0 Å². The first kappa shape index (κ1) is 9.92. The SMILES string of the molecule is C1CO1.C1CO1.C1CO1.C1CO1. The molecule has 4 rings (SSSR count). The highest BCUT2D eigenvalue weighted by atomic mass is 16.6. The summed E-state index contributed by atoms with van der Waals surface area (Å²) in [4.78, 5) is 0. The molecule has 0 spiro atoms. The molecule has 0 radical (unpaired) electrons. The summed E-state index contributed by atoms with van der Waals surface area (Å²) in [6.45, 7) is 8.00. The smallest absolute Gasteiger partial charge is 0.0701 e. The van der Waals surface area contributed by atoms with Crippen molar-refractivity contribution in [2.75, 3.05) is 52.9 Å². The van der Waals surface area contributed by atoms with E-state index in [1.807, 2.05) is 0 Å². The number of rotatable bonds is 0. The molecule has 0 aromatic carbocycles. The molecule has 4 aliphatic heterocycles. The Morgan fingerprint density at radius 3 is 0.417 bits per heavy atom. The summed E-state index contributed by atoms with van der Waals surface area (Å²) in [6.07, 6.45) is 0. The Morgan fingerprint density at radius 2 is 0.417 bits per heavy atom. The maximum Gasteiger partial charge on any atom is 0.0701 e. The molecule has 0 unspecified atom stereocenters. The van der Waals surface area contributed by atoms with Crippen molar-refractivity contribution in [1.82, 2.24) is 0 Å². The molecule has 0 amide bonds. The number of epoxide rings is 4. The Labute approximate surface area is 72.7 Å². The van der Waals surface area contributed by atoms with E-state index >= 15 is 0 Å². The average Bonchev–Trinajstić information content (AvgIpc) is 2.99. The van der Waals surface area contributed by atoms with Gasteiger partial charge in [-0.3, -0.25) is 0 Å². The number of hydrogen-bond donors (Lipinski definition) is 0. The second kappa shape index (κ2) is 7.49. The molecule has 4 nitrogen and oxygen atoms in total. The molecular formula is C8H16O4. The Bertz CT molecular complexity index is 54.0. The zero-order valence-corrected chi connectivity index (χ0v) is 7.29. The van der Waals surface area contributed by atoms with Crippen LogP contribution in [-0.2, 0) is 18.9 Å². The van der Waals surface area contributed by atoms with Gasteiger partial charge in [0.05, 0.1) is 52.9 Å². The molecule has 0 bridgehead atoms. The zero-order valence-electron chi connectivity index (χ0n) is 7.29. The molecule has 0 aromatic rings. The first-order valence-electron chi connectivity index (χ1n) is 4.31. The molecule has 0 atom stereocenters. The van der Waals surface area contributed by atoms with E-state index in [1.54, 1.807) is 0 Å². The number of ether oxygens (including phenoxy) is 4. The lowest BCUT2D eigenvalue weighted by molar-refractivity contribution is 0.475. The molecule has 0 saturated carbocycles. The van der Waals surface area contributed by atoms with Crippen molar-refractivity contribution in [1.29, 1.82) is 0 Å². The molecule has 72 valence electrons. The third kappa shape index (κ3) is 52.1. The summed E-state index contributed by atoms with van der Waals surface area (Å²) in [5.74, 6) is 0. The van der Waals surface area contributed by atoms with E-state index in [9.17, 15) is 0 Å². The van der Waals surface area contributed by atoms with Gasteiger partial charge in [-0.25, -0.2) is 0 Å². The van der Waals surface area contributed by atoms with Crippen molar-refractivity contribution in [3.05, 3.63) is 0 Å². The zero-order chi connectivity index (χ0) is 8.49. The van der Waals surface area contributed by atoms with Gasteiger partial charge in [0.2, 0.25) is 0 Å². The van der Waals surface area contributed by atoms with E-state index < -0.39 is 0 Å². The predicted octanol–water partition coefficient (Wildman–Crippen LogP) is 0.0664. The number of hydrogen-bond acceptors (Lipinski definition) is 4. The van der Waals surface area contributed by atoms with E-state index in [0.717, 1.165) is 52.9 Å². The Morgan fingerprint density at radius 1 is 0.333 bits per heavy atom. The topological polar surface area (TPSA) is 50.1 Å². The van der Waals surface area contributed by atoms with E-state index in [-0.39, 0.29) is 0 Å². The minimum atomic E-state index is 1.00. The van der Waals surface area contributed by atoms with Crippen molar-refractivity contribution in [2.45, 2.75) is 0 Å². The van der Waals surface area contributed by atoms with Gasteiger partial charge in [0.1, 0.15) is 0 Å². The van der Waals surface area contributed by atoms with Gasteiger partial charge in [0.15, 0.2) is 0 Å². The molecule has 4 fully saturated rings. The fourth-order valence-electron chi connectivity index (χ4n) is 0. The highest BCUT2D eigenvalue weighted by molar-refractivity contribution is 4.37. The van der Waals surface area contributed by atoms with E-state index in [4.69, 9.17) is 0 Å². The highest BCUT2D eigenvalue weighted by Gasteiger charge is 1.94. The van der Waals surface area contributed by atoms with Gasteiger partial charge in [0.25, 0.3) is 0 Å². The summed E-state index contributed by atoms with van der Waals surface area (Å²) < 4.78 is 18.0. The monoisotopic (exact) mass is 176 g/mol. The molecule has 12 heavy (non-hydrogen) atoms. The normalized spacial score (nSPS) is 24.0. The van der Waals surface area contributed by atoms with Crippen LogP contribution in [0.2, 0.25) is 0 Å². The van der Waals surface area contributed by atoms with Gasteiger partial charge < -0.3 is 18.9 Å². The minimum Gasteiger partial charge on any atom is -0.377 e.